The number of benzene rings is 1. The van der Waals surface area contributed by atoms with Crippen LogP contribution in [0, 0.1) is 5.41 Å². The Kier molecular flexibility index (Phi) is 3.25. The van der Waals surface area contributed by atoms with E-state index in [-0.39, 0.29) is 5.75 Å². The summed E-state index contributed by atoms with van der Waals surface area (Å²) in [5.74, 6) is -0.692. The first-order valence-corrected chi connectivity index (χ1v) is 5.82. The molecular weight excluding hydrogens is 246 g/mol. The molecule has 1 aromatic carbocycles. The number of aromatic hydroxyl groups is 1. The summed E-state index contributed by atoms with van der Waals surface area (Å²) in [4.78, 5) is 11.1. The number of phenols is 1. The second kappa shape index (κ2) is 4.72. The molecule has 1 aromatic heterocycles. The van der Waals surface area contributed by atoms with Gasteiger partial charge in [0.2, 0.25) is 0 Å². The molecule has 0 saturated heterocycles. The lowest BCUT2D eigenvalue weighted by Crippen LogP contribution is -2.26. The van der Waals surface area contributed by atoms with Crippen molar-refractivity contribution in [3.63, 3.8) is 0 Å². The van der Waals surface area contributed by atoms with Gasteiger partial charge in [0.1, 0.15) is 5.75 Å². The van der Waals surface area contributed by atoms with Crippen molar-refractivity contribution in [3.8, 4) is 11.4 Å². The molecule has 0 aliphatic rings. The van der Waals surface area contributed by atoms with Crippen molar-refractivity contribution in [1.29, 1.82) is 0 Å². The van der Waals surface area contributed by atoms with Gasteiger partial charge in [-0.15, -0.1) is 5.10 Å². The largest absolute Gasteiger partial charge is 0.508 e. The van der Waals surface area contributed by atoms with Gasteiger partial charge in [-0.3, -0.25) is 4.79 Å². The molecule has 100 valence electrons. The number of carboxylic acids is 1. The Balaban J connectivity index is 2.20. The topological polar surface area (TPSA) is 88.2 Å². The monoisotopic (exact) mass is 261 g/mol. The summed E-state index contributed by atoms with van der Waals surface area (Å²) in [6.07, 6.45) is 2.00. The molecule has 0 amide bonds. The molecule has 0 spiro atoms. The number of carboxylic acid groups (broad SMARTS) is 1. The van der Waals surface area contributed by atoms with Gasteiger partial charge >= 0.3 is 5.97 Å². The Bertz CT molecular complexity index is 587. The fourth-order valence-electron chi connectivity index (χ4n) is 1.64. The van der Waals surface area contributed by atoms with Gasteiger partial charge in [0.05, 0.1) is 23.0 Å². The van der Waals surface area contributed by atoms with Crippen LogP contribution in [-0.4, -0.2) is 31.2 Å². The number of carbonyl (C=O) groups is 1. The Hall–Kier alpha value is -2.37. The fraction of sp³-hybridized carbons (Fsp3) is 0.308. The lowest BCUT2D eigenvalue weighted by atomic mass is 9.88. The first kappa shape index (κ1) is 13.1. The van der Waals surface area contributed by atoms with Crippen LogP contribution in [0.15, 0.2) is 30.5 Å². The van der Waals surface area contributed by atoms with E-state index in [4.69, 9.17) is 5.11 Å². The molecule has 0 bridgehead atoms. The zero-order valence-electron chi connectivity index (χ0n) is 10.7. The first-order chi connectivity index (χ1) is 8.88. The second-order valence-electron chi connectivity index (χ2n) is 5.04. The van der Waals surface area contributed by atoms with Gasteiger partial charge in [0.25, 0.3) is 0 Å². The number of aromatic nitrogens is 3. The molecule has 2 rings (SSSR count). The van der Waals surface area contributed by atoms with Crippen LogP contribution in [0.5, 0.6) is 5.75 Å². The molecule has 2 N–H and O–H groups in total. The third-order valence-corrected chi connectivity index (χ3v) is 2.86. The lowest BCUT2D eigenvalue weighted by molar-refractivity contribution is -0.146. The van der Waals surface area contributed by atoms with Gasteiger partial charge in [-0.1, -0.05) is 5.21 Å². The molecule has 0 fully saturated rings. The predicted molar refractivity (Wildman–Crippen MR) is 68.1 cm³/mol. The highest BCUT2D eigenvalue weighted by Crippen LogP contribution is 2.21. The summed E-state index contributed by atoms with van der Waals surface area (Å²) < 4.78 is 1.55. The van der Waals surface area contributed by atoms with E-state index in [1.165, 1.54) is 0 Å². The average molecular weight is 261 g/mol. The van der Waals surface area contributed by atoms with E-state index in [2.05, 4.69) is 10.3 Å². The molecule has 0 atom stereocenters. The molecule has 0 aliphatic heterocycles. The first-order valence-electron chi connectivity index (χ1n) is 5.82. The minimum atomic E-state index is -0.879. The molecule has 2 aromatic rings. The minimum Gasteiger partial charge on any atom is -0.508 e. The Morgan fingerprint density at radius 1 is 1.32 bits per heavy atom. The van der Waals surface area contributed by atoms with Gasteiger partial charge in [-0.05, 0) is 38.1 Å². The van der Waals surface area contributed by atoms with E-state index in [9.17, 15) is 9.90 Å². The maximum Gasteiger partial charge on any atom is 0.309 e. The van der Waals surface area contributed by atoms with Crippen LogP contribution in [-0.2, 0) is 11.2 Å². The summed E-state index contributed by atoms with van der Waals surface area (Å²) in [6, 6.07) is 6.52. The highest BCUT2D eigenvalue weighted by molar-refractivity contribution is 5.73. The minimum absolute atomic E-state index is 0.177. The standard InChI is InChI=1S/C13H15N3O3/c1-13(2,12(18)19)7-9-8-16(15-14-9)10-3-5-11(17)6-4-10/h3-6,8,17H,7H2,1-2H3,(H,18,19). The van der Waals surface area contributed by atoms with Crippen molar-refractivity contribution in [2.45, 2.75) is 20.3 Å². The van der Waals surface area contributed by atoms with Crippen LogP contribution in [0.3, 0.4) is 0 Å². The van der Waals surface area contributed by atoms with Gasteiger partial charge in [0.15, 0.2) is 0 Å². The molecular formula is C13H15N3O3. The molecule has 0 saturated carbocycles. The van der Waals surface area contributed by atoms with Crippen molar-refractivity contribution >= 4 is 5.97 Å². The lowest BCUT2D eigenvalue weighted by Gasteiger charge is -2.16. The number of hydrogen-bond acceptors (Lipinski definition) is 4. The predicted octanol–water partition coefficient (Wildman–Crippen LogP) is 1.63. The van der Waals surface area contributed by atoms with E-state index in [0.717, 1.165) is 5.69 Å². The van der Waals surface area contributed by atoms with Crippen molar-refractivity contribution in [2.75, 3.05) is 0 Å². The summed E-state index contributed by atoms with van der Waals surface area (Å²) in [6.45, 7) is 3.30. The second-order valence-corrected chi connectivity index (χ2v) is 5.04. The van der Waals surface area contributed by atoms with E-state index in [1.807, 2.05) is 0 Å². The zero-order valence-corrected chi connectivity index (χ0v) is 10.7. The molecule has 0 unspecified atom stereocenters. The average Bonchev–Trinajstić information content (AvgIpc) is 2.77. The Morgan fingerprint density at radius 3 is 2.53 bits per heavy atom. The summed E-state index contributed by atoms with van der Waals surface area (Å²) in [7, 11) is 0. The normalized spacial score (nSPS) is 11.5. The Morgan fingerprint density at radius 2 is 1.95 bits per heavy atom. The highest BCUT2D eigenvalue weighted by Gasteiger charge is 2.28. The van der Waals surface area contributed by atoms with Crippen molar-refractivity contribution in [3.05, 3.63) is 36.2 Å². The Labute approximate surface area is 110 Å². The smallest absolute Gasteiger partial charge is 0.309 e. The number of phenolic OH excluding ortho intramolecular Hbond substituents is 1. The maximum atomic E-state index is 11.1. The van der Waals surface area contributed by atoms with Crippen LogP contribution < -0.4 is 0 Å². The van der Waals surface area contributed by atoms with Gasteiger partial charge in [-0.25, -0.2) is 4.68 Å². The molecule has 19 heavy (non-hydrogen) atoms. The van der Waals surface area contributed by atoms with Crippen molar-refractivity contribution in [2.24, 2.45) is 5.41 Å². The number of aliphatic carboxylic acids is 1. The van der Waals surface area contributed by atoms with Crippen LogP contribution in [0.4, 0.5) is 0 Å². The van der Waals surface area contributed by atoms with Crippen LogP contribution in [0.25, 0.3) is 5.69 Å². The summed E-state index contributed by atoms with van der Waals surface area (Å²) in [5, 5.41) is 26.2. The van der Waals surface area contributed by atoms with Gasteiger partial charge in [-0.2, -0.15) is 0 Å². The van der Waals surface area contributed by atoms with E-state index >= 15 is 0 Å². The van der Waals surface area contributed by atoms with Crippen LogP contribution in [0.2, 0.25) is 0 Å². The summed E-state index contributed by atoms with van der Waals surface area (Å²) >= 11 is 0. The SMILES string of the molecule is CC(C)(Cc1cn(-c2ccc(O)cc2)nn1)C(=O)O. The zero-order chi connectivity index (χ0) is 14.0. The molecule has 0 radical (unpaired) electrons. The van der Waals surface area contributed by atoms with E-state index in [1.54, 1.807) is 49.0 Å². The fourth-order valence-corrected chi connectivity index (χ4v) is 1.64. The van der Waals surface area contributed by atoms with Crippen LogP contribution >= 0.6 is 0 Å². The van der Waals surface area contributed by atoms with Crippen molar-refractivity contribution < 1.29 is 15.0 Å². The van der Waals surface area contributed by atoms with E-state index in [0.29, 0.717) is 12.1 Å². The molecule has 0 aliphatic carbocycles. The third kappa shape index (κ3) is 2.90. The number of hydrogen-bond donors (Lipinski definition) is 2. The molecule has 6 nitrogen and oxygen atoms in total. The summed E-state index contributed by atoms with van der Waals surface area (Å²) in [5.41, 5.74) is 0.487. The third-order valence-electron chi connectivity index (χ3n) is 2.86. The quantitative estimate of drug-likeness (QED) is 0.873. The van der Waals surface area contributed by atoms with Gasteiger partial charge in [0, 0.05) is 6.42 Å². The van der Waals surface area contributed by atoms with Gasteiger partial charge < -0.3 is 10.2 Å². The van der Waals surface area contributed by atoms with Crippen LogP contribution in [0.1, 0.15) is 19.5 Å². The van der Waals surface area contributed by atoms with E-state index < -0.39 is 11.4 Å². The number of rotatable bonds is 4. The highest BCUT2D eigenvalue weighted by atomic mass is 16.4. The molecule has 1 heterocycles. The van der Waals surface area contributed by atoms with Crippen molar-refractivity contribution in [1.82, 2.24) is 15.0 Å². The number of nitrogens with zero attached hydrogens (tertiary/aromatic N) is 3. The maximum absolute atomic E-state index is 11.1. The molecule has 6 heteroatoms.